The molecule has 2 aliphatic heterocycles. The molecule has 3 rings (SSSR count). The molecule has 2 atom stereocenters. The summed E-state index contributed by atoms with van der Waals surface area (Å²) in [5, 5.41) is 12.0. The molecular weight excluding hydrogens is 490 g/mol. The molecular formula is C25H42ClN3O7. The van der Waals surface area contributed by atoms with Crippen molar-refractivity contribution in [1.82, 2.24) is 10.2 Å². The van der Waals surface area contributed by atoms with Crippen LogP contribution in [-0.2, 0) is 35.2 Å². The van der Waals surface area contributed by atoms with Gasteiger partial charge in [0.25, 0.3) is 0 Å². The van der Waals surface area contributed by atoms with Crippen molar-refractivity contribution in [2.75, 3.05) is 52.6 Å². The van der Waals surface area contributed by atoms with E-state index in [-0.39, 0.29) is 37.4 Å². The first-order valence-corrected chi connectivity index (χ1v) is 12.2. The number of hydrogen-bond donors (Lipinski definition) is 3. The average Bonchev–Trinajstić information content (AvgIpc) is 2.92. The second-order valence-electron chi connectivity index (χ2n) is 8.11. The number of ether oxygens (including phenoxy) is 3. The number of aliphatic carboxylic acids is 1. The molecule has 0 aromatic heterocycles. The van der Waals surface area contributed by atoms with E-state index in [9.17, 15) is 14.4 Å². The zero-order chi connectivity index (χ0) is 25.9. The Morgan fingerprint density at radius 1 is 1.03 bits per heavy atom. The molecule has 4 N–H and O–H groups in total. The van der Waals surface area contributed by atoms with Gasteiger partial charge in [0.2, 0.25) is 5.91 Å². The third-order valence-electron chi connectivity index (χ3n) is 5.42. The van der Waals surface area contributed by atoms with Crippen LogP contribution in [0.15, 0.2) is 30.3 Å². The summed E-state index contributed by atoms with van der Waals surface area (Å²) in [5.41, 5.74) is 6.51. The number of nitrogens with two attached hydrogens (primary N) is 1. The number of carboxylic acid groups (broad SMARTS) is 1. The van der Waals surface area contributed by atoms with E-state index in [1.165, 1.54) is 0 Å². The lowest BCUT2D eigenvalue weighted by atomic mass is 10.0. The standard InChI is InChI=1S/C13H16O4.C8H16N2O2.C4H9NO.ClH/c1-2-11(13(15)16)8-12(14)17-9-10-6-4-3-5-7-10;1-2-7(9)8(11)10-3-5-12-6-4-10;1-3-6-4-2-5-1;/h3-7,11H,2,8-9H2,1H3,(H,15,16);7H,2-6,9H2,1H3;5H,1-4H2;1H/t11-;7-;;/m10../s1. The smallest absolute Gasteiger partial charge is 0.307 e. The molecule has 0 saturated carbocycles. The molecule has 2 heterocycles. The van der Waals surface area contributed by atoms with Gasteiger partial charge in [-0.25, -0.2) is 0 Å². The molecule has 2 aliphatic rings. The molecule has 0 bridgehead atoms. The van der Waals surface area contributed by atoms with Gasteiger partial charge in [0.05, 0.1) is 44.8 Å². The van der Waals surface area contributed by atoms with Gasteiger partial charge >= 0.3 is 11.9 Å². The highest BCUT2D eigenvalue weighted by Gasteiger charge is 2.21. The van der Waals surface area contributed by atoms with Crippen molar-refractivity contribution in [1.29, 1.82) is 0 Å². The Morgan fingerprint density at radius 3 is 2.06 bits per heavy atom. The van der Waals surface area contributed by atoms with Crippen LogP contribution in [0.4, 0.5) is 0 Å². The number of rotatable bonds is 8. The molecule has 0 radical (unpaired) electrons. The van der Waals surface area contributed by atoms with Gasteiger partial charge in [-0.05, 0) is 18.4 Å². The van der Waals surface area contributed by atoms with Gasteiger partial charge in [-0.3, -0.25) is 14.4 Å². The maximum atomic E-state index is 11.5. The predicted molar refractivity (Wildman–Crippen MR) is 139 cm³/mol. The molecule has 0 aliphatic carbocycles. The molecule has 0 unspecified atom stereocenters. The Labute approximate surface area is 220 Å². The Kier molecular flexibility index (Phi) is 19.6. The molecule has 1 aromatic rings. The van der Waals surface area contributed by atoms with Crippen molar-refractivity contribution in [3.05, 3.63) is 35.9 Å². The first-order chi connectivity index (χ1) is 16.9. The SMILES string of the molecule is C1COCCN1.CC[C@H](CC(=O)OCc1ccccc1)C(=O)O.CC[C@H](N)C(=O)N1CCOCC1.Cl. The van der Waals surface area contributed by atoms with Crippen LogP contribution in [0.3, 0.4) is 0 Å². The third kappa shape index (κ3) is 15.0. The number of benzene rings is 1. The molecule has 1 amide bonds. The molecule has 206 valence electrons. The highest BCUT2D eigenvalue weighted by atomic mass is 35.5. The van der Waals surface area contributed by atoms with Crippen molar-refractivity contribution in [3.8, 4) is 0 Å². The zero-order valence-corrected chi connectivity index (χ0v) is 22.2. The topological polar surface area (TPSA) is 140 Å². The van der Waals surface area contributed by atoms with Crippen molar-refractivity contribution in [2.45, 2.75) is 45.8 Å². The Bertz CT molecular complexity index is 718. The fourth-order valence-corrected chi connectivity index (χ4v) is 3.11. The summed E-state index contributed by atoms with van der Waals surface area (Å²) >= 11 is 0. The van der Waals surface area contributed by atoms with Gasteiger partial charge in [-0.2, -0.15) is 0 Å². The van der Waals surface area contributed by atoms with Crippen molar-refractivity contribution in [2.24, 2.45) is 11.7 Å². The van der Waals surface area contributed by atoms with Crippen LogP contribution in [0.5, 0.6) is 0 Å². The Balaban J connectivity index is 0.000000558. The number of esters is 1. The lowest BCUT2D eigenvalue weighted by molar-refractivity contribution is -0.152. The normalized spacial score (nSPS) is 16.5. The molecule has 2 saturated heterocycles. The first-order valence-electron chi connectivity index (χ1n) is 12.2. The maximum absolute atomic E-state index is 11.5. The Morgan fingerprint density at radius 2 is 1.61 bits per heavy atom. The monoisotopic (exact) mass is 531 g/mol. The van der Waals surface area contributed by atoms with Gasteiger partial charge in [0.15, 0.2) is 0 Å². The lowest BCUT2D eigenvalue weighted by Crippen LogP contribution is -2.48. The highest BCUT2D eigenvalue weighted by molar-refractivity contribution is 5.85. The number of morpholine rings is 2. The number of halogens is 1. The van der Waals surface area contributed by atoms with Crippen LogP contribution in [0.2, 0.25) is 0 Å². The number of carbonyl (C=O) groups is 3. The summed E-state index contributed by atoms with van der Waals surface area (Å²) in [7, 11) is 0. The summed E-state index contributed by atoms with van der Waals surface area (Å²) in [4.78, 5) is 35.4. The fraction of sp³-hybridized carbons (Fsp3) is 0.640. The van der Waals surface area contributed by atoms with Crippen molar-refractivity contribution < 1.29 is 33.7 Å². The number of carbonyl (C=O) groups excluding carboxylic acids is 2. The van der Waals surface area contributed by atoms with E-state index in [1.54, 1.807) is 11.8 Å². The first kappa shape index (κ1) is 33.8. The van der Waals surface area contributed by atoms with Gasteiger partial charge < -0.3 is 35.3 Å². The second kappa shape index (κ2) is 20.9. The number of hydrogen-bond acceptors (Lipinski definition) is 8. The summed E-state index contributed by atoms with van der Waals surface area (Å²) < 4.78 is 15.1. The summed E-state index contributed by atoms with van der Waals surface area (Å²) in [5.74, 6) is -2.02. The van der Waals surface area contributed by atoms with Crippen LogP contribution in [0, 0.1) is 5.92 Å². The maximum Gasteiger partial charge on any atom is 0.307 e. The highest BCUT2D eigenvalue weighted by Crippen LogP contribution is 2.10. The van der Waals surface area contributed by atoms with Gasteiger partial charge in [-0.15, -0.1) is 12.4 Å². The molecule has 36 heavy (non-hydrogen) atoms. The van der Waals surface area contributed by atoms with Crippen molar-refractivity contribution in [3.63, 3.8) is 0 Å². The number of nitrogens with zero attached hydrogens (tertiary/aromatic N) is 1. The van der Waals surface area contributed by atoms with E-state index in [2.05, 4.69) is 5.32 Å². The largest absolute Gasteiger partial charge is 0.481 e. The zero-order valence-electron chi connectivity index (χ0n) is 21.4. The molecule has 0 spiro atoms. The second-order valence-corrected chi connectivity index (χ2v) is 8.11. The van der Waals surface area contributed by atoms with Crippen LogP contribution in [0.25, 0.3) is 0 Å². The van der Waals surface area contributed by atoms with E-state index in [4.69, 9.17) is 25.1 Å². The number of nitrogens with one attached hydrogen (secondary N) is 1. The third-order valence-corrected chi connectivity index (χ3v) is 5.42. The minimum atomic E-state index is -0.954. The van der Waals surface area contributed by atoms with Crippen molar-refractivity contribution >= 4 is 30.3 Å². The van der Waals surface area contributed by atoms with Gasteiger partial charge in [0.1, 0.15) is 6.61 Å². The average molecular weight is 532 g/mol. The van der Waals surface area contributed by atoms with E-state index in [0.29, 0.717) is 39.1 Å². The summed E-state index contributed by atoms with van der Waals surface area (Å²) in [6.07, 6.45) is 1.06. The van der Waals surface area contributed by atoms with E-state index >= 15 is 0 Å². The molecule has 2 fully saturated rings. The van der Waals surface area contributed by atoms with Crippen LogP contribution in [0.1, 0.15) is 38.7 Å². The minimum Gasteiger partial charge on any atom is -0.481 e. The van der Waals surface area contributed by atoms with Gasteiger partial charge in [-0.1, -0.05) is 44.2 Å². The summed E-state index contributed by atoms with van der Waals surface area (Å²) in [6.45, 7) is 10.3. The quantitative estimate of drug-likeness (QED) is 0.428. The van der Waals surface area contributed by atoms with Crippen LogP contribution < -0.4 is 11.1 Å². The Hall–Kier alpha value is -2.24. The summed E-state index contributed by atoms with van der Waals surface area (Å²) in [6, 6.07) is 8.96. The molecule has 1 aromatic carbocycles. The number of carboxylic acids is 1. The van der Waals surface area contributed by atoms with Crippen LogP contribution >= 0.6 is 12.4 Å². The van der Waals surface area contributed by atoms with E-state index < -0.39 is 17.9 Å². The van der Waals surface area contributed by atoms with Crippen LogP contribution in [-0.4, -0.2) is 86.5 Å². The number of amides is 1. The fourth-order valence-electron chi connectivity index (χ4n) is 3.11. The van der Waals surface area contributed by atoms with E-state index in [1.807, 2.05) is 37.3 Å². The lowest BCUT2D eigenvalue weighted by Gasteiger charge is -2.28. The van der Waals surface area contributed by atoms with Gasteiger partial charge in [0, 0.05) is 26.2 Å². The predicted octanol–water partition coefficient (Wildman–Crippen LogP) is 1.84. The van der Waals surface area contributed by atoms with E-state index in [0.717, 1.165) is 31.9 Å². The molecule has 10 nitrogen and oxygen atoms in total. The molecule has 11 heteroatoms. The minimum absolute atomic E-state index is 0.